The zero-order valence-electron chi connectivity index (χ0n) is 13.8. The van der Waals surface area contributed by atoms with E-state index in [4.69, 9.17) is 4.42 Å². The number of halogens is 2. The van der Waals surface area contributed by atoms with E-state index in [2.05, 4.69) is 37.3 Å². The number of anilines is 1. The Morgan fingerprint density at radius 1 is 0.926 bits per heavy atom. The number of carbonyl (C=O) groups is 2. The number of nitrogens with one attached hydrogen (secondary N) is 1. The fraction of sp³-hybridized carbons (Fsp3) is 0. The van der Waals surface area contributed by atoms with Crippen LogP contribution >= 0.6 is 31.9 Å². The number of nitrogens with zero attached hydrogens (tertiary/aromatic N) is 1. The predicted octanol–water partition coefficient (Wildman–Crippen LogP) is 4.93. The van der Waals surface area contributed by atoms with Crippen LogP contribution in [0.25, 0.3) is 17.4 Å². The summed E-state index contributed by atoms with van der Waals surface area (Å²) in [6, 6.07) is 18.3. The Kier molecular flexibility index (Phi) is 4.72. The van der Waals surface area contributed by atoms with Gasteiger partial charge in [0.05, 0.1) is 5.69 Å². The molecule has 0 spiro atoms. The lowest BCUT2D eigenvalue weighted by molar-refractivity contribution is -0.117. The average Bonchev–Trinajstić information content (AvgIpc) is 3.23. The number of hydrazine groups is 1. The molecule has 1 saturated heterocycles. The van der Waals surface area contributed by atoms with Crippen LogP contribution in [-0.2, 0) is 9.59 Å². The quantitative estimate of drug-likeness (QED) is 0.420. The molecule has 1 aliphatic heterocycles. The van der Waals surface area contributed by atoms with Crippen LogP contribution in [0.15, 0.2) is 79.6 Å². The van der Waals surface area contributed by atoms with Crippen LogP contribution < -0.4 is 10.4 Å². The highest BCUT2D eigenvalue weighted by molar-refractivity contribution is 9.10. The lowest BCUT2D eigenvalue weighted by atomic mass is 10.2. The summed E-state index contributed by atoms with van der Waals surface area (Å²) in [5, 5.41) is 1.22. The van der Waals surface area contributed by atoms with Gasteiger partial charge in [0.15, 0.2) is 0 Å². The molecule has 0 unspecified atom stereocenters. The van der Waals surface area contributed by atoms with E-state index in [-0.39, 0.29) is 5.57 Å². The van der Waals surface area contributed by atoms with Crippen LogP contribution in [0.2, 0.25) is 0 Å². The lowest BCUT2D eigenvalue weighted by Gasteiger charge is -2.14. The van der Waals surface area contributed by atoms with Gasteiger partial charge in [-0.15, -0.1) is 0 Å². The Labute approximate surface area is 171 Å². The van der Waals surface area contributed by atoms with Crippen molar-refractivity contribution in [2.24, 2.45) is 0 Å². The smallest absolute Gasteiger partial charge is 0.282 e. The maximum Gasteiger partial charge on any atom is 0.282 e. The Morgan fingerprint density at radius 2 is 1.70 bits per heavy atom. The summed E-state index contributed by atoms with van der Waals surface area (Å²) in [4.78, 5) is 24.9. The minimum absolute atomic E-state index is 0.0214. The molecule has 1 aliphatic rings. The first kappa shape index (κ1) is 17.8. The fourth-order valence-corrected chi connectivity index (χ4v) is 3.36. The molecule has 4 rings (SSSR count). The molecule has 1 fully saturated rings. The Morgan fingerprint density at radius 3 is 2.44 bits per heavy atom. The van der Waals surface area contributed by atoms with Crippen molar-refractivity contribution in [1.82, 2.24) is 5.43 Å². The predicted molar refractivity (Wildman–Crippen MR) is 110 cm³/mol. The molecule has 7 heteroatoms. The van der Waals surface area contributed by atoms with Crippen molar-refractivity contribution in [3.63, 3.8) is 0 Å². The molecular formula is C20H12Br2N2O3. The molecule has 0 atom stereocenters. The van der Waals surface area contributed by atoms with Gasteiger partial charge in [0.2, 0.25) is 0 Å². The summed E-state index contributed by atoms with van der Waals surface area (Å²) in [5.74, 6) is 0.186. The van der Waals surface area contributed by atoms with Gasteiger partial charge in [0.1, 0.15) is 17.1 Å². The first-order chi connectivity index (χ1) is 13.0. The Hall–Kier alpha value is -2.64. The van der Waals surface area contributed by atoms with Gasteiger partial charge < -0.3 is 4.42 Å². The molecule has 2 amide bonds. The SMILES string of the molecule is O=C1NN(c2ccc(Br)cc2)C(=O)/C1=C\c1ccc(-c2cccc(Br)c2)o1. The van der Waals surface area contributed by atoms with Gasteiger partial charge in [-0.1, -0.05) is 44.0 Å². The number of hydrogen-bond acceptors (Lipinski definition) is 3. The standard InChI is InChI=1S/C20H12Br2N2O3/c21-13-4-6-15(7-5-13)24-20(26)17(19(25)23-24)11-16-8-9-18(27-16)12-2-1-3-14(22)10-12/h1-11H,(H,23,25)/b17-11-. The molecule has 3 aromatic rings. The van der Waals surface area contributed by atoms with Crippen molar-refractivity contribution in [3.8, 4) is 11.3 Å². The van der Waals surface area contributed by atoms with Crippen LogP contribution in [0.1, 0.15) is 5.76 Å². The fourth-order valence-electron chi connectivity index (χ4n) is 2.70. The molecule has 0 bridgehead atoms. The number of amides is 2. The second kappa shape index (κ2) is 7.17. The zero-order valence-corrected chi connectivity index (χ0v) is 17.0. The third kappa shape index (κ3) is 3.61. The second-order valence-electron chi connectivity index (χ2n) is 5.83. The molecule has 5 nitrogen and oxygen atoms in total. The van der Waals surface area contributed by atoms with Gasteiger partial charge in [-0.3, -0.25) is 15.0 Å². The number of rotatable bonds is 3. The van der Waals surface area contributed by atoms with Crippen molar-refractivity contribution in [3.05, 3.63) is 80.9 Å². The number of furan rings is 1. The topological polar surface area (TPSA) is 62.6 Å². The maximum absolute atomic E-state index is 12.6. The number of carbonyl (C=O) groups excluding carboxylic acids is 2. The van der Waals surface area contributed by atoms with Crippen LogP contribution in [0.5, 0.6) is 0 Å². The molecule has 2 aromatic carbocycles. The van der Waals surface area contributed by atoms with Gasteiger partial charge in [-0.2, -0.15) is 0 Å². The van der Waals surface area contributed by atoms with E-state index in [0.29, 0.717) is 17.2 Å². The summed E-state index contributed by atoms with van der Waals surface area (Å²) in [6.45, 7) is 0. The monoisotopic (exact) mass is 486 g/mol. The number of hydrogen-bond donors (Lipinski definition) is 1. The van der Waals surface area contributed by atoms with E-state index in [0.717, 1.165) is 14.5 Å². The molecule has 0 aliphatic carbocycles. The lowest BCUT2D eigenvalue weighted by Crippen LogP contribution is -2.35. The Balaban J connectivity index is 1.61. The summed E-state index contributed by atoms with van der Waals surface area (Å²) in [6.07, 6.45) is 1.46. The van der Waals surface area contributed by atoms with Gasteiger partial charge in [0.25, 0.3) is 11.8 Å². The van der Waals surface area contributed by atoms with E-state index >= 15 is 0 Å². The third-order valence-corrected chi connectivity index (χ3v) is 5.02. The molecule has 134 valence electrons. The molecular weight excluding hydrogens is 476 g/mol. The molecule has 0 radical (unpaired) electrons. The van der Waals surface area contributed by atoms with E-state index in [1.54, 1.807) is 36.4 Å². The largest absolute Gasteiger partial charge is 0.457 e. The maximum atomic E-state index is 12.6. The molecule has 0 saturated carbocycles. The third-order valence-electron chi connectivity index (χ3n) is 4.00. The number of benzene rings is 2. The van der Waals surface area contributed by atoms with E-state index < -0.39 is 11.8 Å². The summed E-state index contributed by atoms with van der Waals surface area (Å²) in [5.41, 5.74) is 4.06. The van der Waals surface area contributed by atoms with Crippen molar-refractivity contribution in [2.75, 3.05) is 5.01 Å². The van der Waals surface area contributed by atoms with Crippen LogP contribution in [0.3, 0.4) is 0 Å². The molecule has 1 aromatic heterocycles. The van der Waals surface area contributed by atoms with Crippen molar-refractivity contribution in [2.45, 2.75) is 0 Å². The van der Waals surface area contributed by atoms with Crippen LogP contribution in [-0.4, -0.2) is 11.8 Å². The van der Waals surface area contributed by atoms with Crippen LogP contribution in [0, 0.1) is 0 Å². The van der Waals surface area contributed by atoms with Gasteiger partial charge in [-0.05, 0) is 54.6 Å². The highest BCUT2D eigenvalue weighted by Crippen LogP contribution is 2.27. The van der Waals surface area contributed by atoms with Gasteiger partial charge >= 0.3 is 0 Å². The first-order valence-corrected chi connectivity index (χ1v) is 9.58. The minimum Gasteiger partial charge on any atom is -0.457 e. The van der Waals surface area contributed by atoms with Crippen LogP contribution in [0.4, 0.5) is 5.69 Å². The molecule has 27 heavy (non-hydrogen) atoms. The summed E-state index contributed by atoms with van der Waals surface area (Å²) < 4.78 is 7.61. The summed E-state index contributed by atoms with van der Waals surface area (Å²) in [7, 11) is 0. The van der Waals surface area contributed by atoms with Crippen molar-refractivity contribution < 1.29 is 14.0 Å². The Bertz CT molecular complexity index is 1070. The average molecular weight is 488 g/mol. The molecule has 1 N–H and O–H groups in total. The van der Waals surface area contributed by atoms with E-state index in [9.17, 15) is 9.59 Å². The second-order valence-corrected chi connectivity index (χ2v) is 7.66. The highest BCUT2D eigenvalue weighted by Gasteiger charge is 2.34. The van der Waals surface area contributed by atoms with Gasteiger partial charge in [0, 0.05) is 14.5 Å². The van der Waals surface area contributed by atoms with Crippen molar-refractivity contribution in [1.29, 1.82) is 0 Å². The van der Waals surface area contributed by atoms with Gasteiger partial charge in [-0.25, -0.2) is 5.01 Å². The highest BCUT2D eigenvalue weighted by atomic mass is 79.9. The molecule has 2 heterocycles. The van der Waals surface area contributed by atoms with E-state index in [1.807, 2.05) is 24.3 Å². The zero-order chi connectivity index (χ0) is 19.0. The first-order valence-electron chi connectivity index (χ1n) is 8.00. The van der Waals surface area contributed by atoms with Crippen molar-refractivity contribution >= 4 is 55.4 Å². The minimum atomic E-state index is -0.469. The van der Waals surface area contributed by atoms with E-state index in [1.165, 1.54) is 11.1 Å². The summed E-state index contributed by atoms with van der Waals surface area (Å²) >= 11 is 6.77. The normalized spacial score (nSPS) is 15.5.